The van der Waals surface area contributed by atoms with E-state index in [0.29, 0.717) is 36.5 Å². The van der Waals surface area contributed by atoms with Crippen molar-refractivity contribution in [1.82, 2.24) is 15.5 Å². The molecule has 0 aromatic heterocycles. The first-order valence-corrected chi connectivity index (χ1v) is 10.0. The number of likely N-dealkylation sites (tertiary alicyclic amines) is 1. The van der Waals surface area contributed by atoms with E-state index in [4.69, 9.17) is 9.47 Å². The molecular formula is C20H32F2N4O2. The molecule has 0 radical (unpaired) electrons. The molecule has 2 rings (SSSR count). The van der Waals surface area contributed by atoms with Gasteiger partial charge in [0.15, 0.2) is 17.5 Å². The second-order valence-corrected chi connectivity index (χ2v) is 6.56. The quantitative estimate of drug-likeness (QED) is 0.468. The minimum absolute atomic E-state index is 0.0481. The van der Waals surface area contributed by atoms with Gasteiger partial charge in [0.2, 0.25) is 0 Å². The van der Waals surface area contributed by atoms with Crippen LogP contribution in [0.5, 0.6) is 11.5 Å². The van der Waals surface area contributed by atoms with Crippen molar-refractivity contribution in [2.75, 3.05) is 32.8 Å². The highest BCUT2D eigenvalue weighted by molar-refractivity contribution is 5.79. The standard InChI is InChI=1S/C20H32F2N4O2/c1-4-23-20(25-14-16-10-8-12-26(16)5-2)24-13-15-9-7-11-17(27-6-3)18(15)28-19(21)22/h7,9,11,16,19H,4-6,8,10,12-14H2,1-3H3,(H2,23,24,25). The Balaban J connectivity index is 2.09. The molecule has 0 amide bonds. The zero-order chi connectivity index (χ0) is 20.4. The van der Waals surface area contributed by atoms with Crippen molar-refractivity contribution < 1.29 is 18.3 Å². The average Bonchev–Trinajstić information content (AvgIpc) is 3.13. The smallest absolute Gasteiger partial charge is 0.387 e. The van der Waals surface area contributed by atoms with E-state index < -0.39 is 6.61 Å². The first-order valence-electron chi connectivity index (χ1n) is 10.0. The Kier molecular flexibility index (Phi) is 9.27. The van der Waals surface area contributed by atoms with Crippen molar-refractivity contribution in [2.45, 2.75) is 52.8 Å². The fraction of sp³-hybridized carbons (Fsp3) is 0.650. The summed E-state index contributed by atoms with van der Waals surface area (Å²) in [6, 6.07) is 5.60. The van der Waals surface area contributed by atoms with Crippen LogP contribution in [-0.4, -0.2) is 56.3 Å². The van der Waals surface area contributed by atoms with Crippen LogP contribution in [0.4, 0.5) is 8.78 Å². The van der Waals surface area contributed by atoms with Crippen molar-refractivity contribution in [1.29, 1.82) is 0 Å². The van der Waals surface area contributed by atoms with Crippen LogP contribution in [0.15, 0.2) is 23.2 Å². The summed E-state index contributed by atoms with van der Waals surface area (Å²) < 4.78 is 35.9. The van der Waals surface area contributed by atoms with Gasteiger partial charge in [-0.05, 0) is 45.8 Å². The number of likely N-dealkylation sites (N-methyl/N-ethyl adjacent to an activating group) is 1. The molecule has 0 saturated carbocycles. The van der Waals surface area contributed by atoms with Crippen LogP contribution in [0.1, 0.15) is 39.2 Å². The number of rotatable bonds is 10. The Morgan fingerprint density at radius 3 is 2.79 bits per heavy atom. The summed E-state index contributed by atoms with van der Waals surface area (Å²) in [4.78, 5) is 7.02. The Bertz CT molecular complexity index is 628. The lowest BCUT2D eigenvalue weighted by molar-refractivity contribution is -0.0520. The molecule has 1 aliphatic rings. The molecule has 1 saturated heterocycles. The number of ether oxygens (including phenoxy) is 2. The third-order valence-corrected chi connectivity index (χ3v) is 4.73. The Hall–Kier alpha value is -2.09. The van der Waals surface area contributed by atoms with E-state index >= 15 is 0 Å². The maximum atomic E-state index is 12.9. The number of halogens is 2. The summed E-state index contributed by atoms with van der Waals surface area (Å²) in [6.07, 6.45) is 2.38. The van der Waals surface area contributed by atoms with Gasteiger partial charge in [0.05, 0.1) is 13.2 Å². The van der Waals surface area contributed by atoms with Crippen molar-refractivity contribution >= 4 is 5.96 Å². The third kappa shape index (κ3) is 6.51. The summed E-state index contributed by atoms with van der Waals surface area (Å²) in [7, 11) is 0. The van der Waals surface area contributed by atoms with E-state index in [2.05, 4.69) is 27.4 Å². The number of nitrogens with zero attached hydrogens (tertiary/aromatic N) is 2. The van der Waals surface area contributed by atoms with E-state index in [0.717, 1.165) is 19.6 Å². The van der Waals surface area contributed by atoms with Gasteiger partial charge in [-0.25, -0.2) is 4.99 Å². The molecule has 1 aromatic rings. The van der Waals surface area contributed by atoms with Crippen LogP contribution >= 0.6 is 0 Å². The van der Waals surface area contributed by atoms with Gasteiger partial charge in [0, 0.05) is 24.7 Å². The first-order chi connectivity index (χ1) is 13.6. The summed E-state index contributed by atoms with van der Waals surface area (Å²) in [5.74, 6) is 1.01. The molecule has 1 unspecified atom stereocenters. The summed E-state index contributed by atoms with van der Waals surface area (Å²) in [6.45, 7) is 7.32. The molecular weight excluding hydrogens is 366 g/mol. The maximum absolute atomic E-state index is 12.9. The zero-order valence-corrected chi connectivity index (χ0v) is 17.0. The van der Waals surface area contributed by atoms with Crippen LogP contribution in [-0.2, 0) is 6.54 Å². The zero-order valence-electron chi connectivity index (χ0n) is 17.0. The minimum atomic E-state index is -2.92. The topological polar surface area (TPSA) is 58.1 Å². The predicted octanol–water partition coefficient (Wildman–Crippen LogP) is 3.23. The van der Waals surface area contributed by atoms with Gasteiger partial charge in [0.1, 0.15) is 0 Å². The van der Waals surface area contributed by atoms with E-state index in [1.807, 2.05) is 6.92 Å². The molecule has 8 heteroatoms. The molecule has 158 valence electrons. The predicted molar refractivity (Wildman–Crippen MR) is 107 cm³/mol. The number of nitrogens with one attached hydrogen (secondary N) is 2. The molecule has 1 aliphatic heterocycles. The van der Waals surface area contributed by atoms with Crippen LogP contribution in [0.25, 0.3) is 0 Å². The highest BCUT2D eigenvalue weighted by atomic mass is 19.3. The number of alkyl halides is 2. The third-order valence-electron chi connectivity index (χ3n) is 4.73. The van der Waals surface area contributed by atoms with Crippen LogP contribution in [0, 0.1) is 0 Å². The number of hydrogen-bond donors (Lipinski definition) is 2. The lowest BCUT2D eigenvalue weighted by atomic mass is 10.2. The van der Waals surface area contributed by atoms with E-state index in [9.17, 15) is 8.78 Å². The molecule has 1 fully saturated rings. The summed E-state index contributed by atoms with van der Waals surface area (Å²) in [5.41, 5.74) is 0.555. The molecule has 1 heterocycles. The second-order valence-electron chi connectivity index (χ2n) is 6.56. The highest BCUT2D eigenvalue weighted by Gasteiger charge is 2.23. The molecule has 0 aliphatic carbocycles. The van der Waals surface area contributed by atoms with Crippen molar-refractivity contribution in [2.24, 2.45) is 4.99 Å². The molecule has 0 spiro atoms. The van der Waals surface area contributed by atoms with Crippen LogP contribution < -0.4 is 20.1 Å². The van der Waals surface area contributed by atoms with Gasteiger partial charge < -0.3 is 20.1 Å². The number of aliphatic imine (C=N–C) groups is 1. The number of benzene rings is 1. The molecule has 0 bridgehead atoms. The van der Waals surface area contributed by atoms with E-state index in [1.54, 1.807) is 25.1 Å². The summed E-state index contributed by atoms with van der Waals surface area (Å²) in [5, 5.41) is 6.58. The molecule has 2 N–H and O–H groups in total. The normalized spacial score (nSPS) is 17.8. The molecule has 1 aromatic carbocycles. The number of para-hydroxylation sites is 1. The SMILES string of the molecule is CCNC(=NCc1cccc(OCC)c1OC(F)F)NCC1CCCN1CC. The Morgan fingerprint density at radius 1 is 1.29 bits per heavy atom. The highest BCUT2D eigenvalue weighted by Crippen LogP contribution is 2.33. The lowest BCUT2D eigenvalue weighted by Gasteiger charge is -2.24. The van der Waals surface area contributed by atoms with Crippen molar-refractivity contribution in [3.63, 3.8) is 0 Å². The van der Waals surface area contributed by atoms with Crippen LogP contribution in [0.2, 0.25) is 0 Å². The molecule has 1 atom stereocenters. The van der Waals surface area contributed by atoms with Crippen molar-refractivity contribution in [3.05, 3.63) is 23.8 Å². The first kappa shape index (κ1) is 22.2. The van der Waals surface area contributed by atoms with Gasteiger partial charge >= 0.3 is 6.61 Å². The fourth-order valence-electron chi connectivity index (χ4n) is 3.44. The van der Waals surface area contributed by atoms with Gasteiger partial charge in [0.25, 0.3) is 0 Å². The molecule has 28 heavy (non-hydrogen) atoms. The minimum Gasteiger partial charge on any atom is -0.490 e. The lowest BCUT2D eigenvalue weighted by Crippen LogP contribution is -2.44. The number of hydrogen-bond acceptors (Lipinski definition) is 4. The van der Waals surface area contributed by atoms with Gasteiger partial charge in [-0.15, -0.1) is 0 Å². The van der Waals surface area contributed by atoms with E-state index in [-0.39, 0.29) is 12.3 Å². The monoisotopic (exact) mass is 398 g/mol. The second kappa shape index (κ2) is 11.7. The Morgan fingerprint density at radius 2 is 2.11 bits per heavy atom. The van der Waals surface area contributed by atoms with Gasteiger partial charge in [-0.1, -0.05) is 19.1 Å². The summed E-state index contributed by atoms with van der Waals surface area (Å²) >= 11 is 0. The van der Waals surface area contributed by atoms with Crippen molar-refractivity contribution in [3.8, 4) is 11.5 Å². The Labute approximate surface area is 166 Å². The number of guanidine groups is 1. The van der Waals surface area contributed by atoms with Crippen LogP contribution in [0.3, 0.4) is 0 Å². The van der Waals surface area contributed by atoms with Gasteiger partial charge in [-0.3, -0.25) is 4.90 Å². The average molecular weight is 398 g/mol. The van der Waals surface area contributed by atoms with E-state index in [1.165, 1.54) is 12.8 Å². The maximum Gasteiger partial charge on any atom is 0.387 e. The largest absolute Gasteiger partial charge is 0.490 e. The van der Waals surface area contributed by atoms with Gasteiger partial charge in [-0.2, -0.15) is 8.78 Å². The molecule has 6 nitrogen and oxygen atoms in total. The fourth-order valence-corrected chi connectivity index (χ4v) is 3.44.